The van der Waals surface area contributed by atoms with Crippen molar-refractivity contribution < 1.29 is 9.53 Å². The van der Waals surface area contributed by atoms with E-state index in [1.165, 1.54) is 0 Å². The van der Waals surface area contributed by atoms with Crippen LogP contribution in [0.25, 0.3) is 10.5 Å². The fourth-order valence-electron chi connectivity index (χ4n) is 4.67. The van der Waals surface area contributed by atoms with Crippen molar-refractivity contribution in [2.45, 2.75) is 31.9 Å². The van der Waals surface area contributed by atoms with Crippen LogP contribution < -0.4 is 10.6 Å². The number of aromatic nitrogens is 2. The van der Waals surface area contributed by atoms with Gasteiger partial charge in [0.1, 0.15) is 5.69 Å². The van der Waals surface area contributed by atoms with Crippen LogP contribution in [0.4, 0.5) is 11.4 Å². The van der Waals surface area contributed by atoms with Crippen molar-refractivity contribution in [3.8, 4) is 5.69 Å². The molecule has 2 unspecified atom stereocenters. The van der Waals surface area contributed by atoms with Crippen LogP contribution in [-0.4, -0.2) is 34.9 Å². The number of ether oxygens (including phenoxy) is 1. The van der Waals surface area contributed by atoms with Gasteiger partial charge in [0.05, 0.1) is 30.1 Å². The van der Waals surface area contributed by atoms with E-state index < -0.39 is 0 Å². The van der Waals surface area contributed by atoms with Gasteiger partial charge in [0.25, 0.3) is 5.91 Å². The summed E-state index contributed by atoms with van der Waals surface area (Å²) in [5, 5.41) is 11.2. The lowest BCUT2D eigenvalue weighted by Gasteiger charge is -2.22. The molecule has 1 aromatic heterocycles. The van der Waals surface area contributed by atoms with Crippen LogP contribution in [0.3, 0.4) is 0 Å². The molecule has 0 bridgehead atoms. The van der Waals surface area contributed by atoms with E-state index in [4.69, 9.17) is 11.3 Å². The lowest BCUT2D eigenvalue weighted by Crippen LogP contribution is -2.30. The van der Waals surface area contributed by atoms with E-state index in [9.17, 15) is 4.79 Å². The molecule has 7 heteroatoms. The standard InChI is InChI=1S/C30H29N5O2/c1-21-17-28(35(34-21)26-14-7-12-24(19-26)31-2)30(36)33-25-13-6-11-23(18-25)29(22-9-4-3-5-10-22)32-20-27-15-8-16-37-27/h3-7,9-14,17-19,27,29,32H,8,15-16,20H2,1H3,(H,33,36). The Bertz CT molecular complexity index is 1420. The SMILES string of the molecule is [C-]#[N+]c1cccc(-n2nc(C)cc2C(=O)Nc2cccc(C(NCC3CCCO3)c3ccccc3)c2)c1. The van der Waals surface area contributed by atoms with Gasteiger partial charge in [0, 0.05) is 18.8 Å². The van der Waals surface area contributed by atoms with Gasteiger partial charge in [-0.1, -0.05) is 54.6 Å². The summed E-state index contributed by atoms with van der Waals surface area (Å²) in [6, 6.07) is 27.0. The molecule has 1 amide bonds. The summed E-state index contributed by atoms with van der Waals surface area (Å²) in [6.45, 7) is 10.7. The molecule has 37 heavy (non-hydrogen) atoms. The van der Waals surface area contributed by atoms with Crippen LogP contribution in [0, 0.1) is 13.5 Å². The van der Waals surface area contributed by atoms with Gasteiger partial charge in [-0.15, -0.1) is 0 Å². The molecule has 3 aromatic carbocycles. The van der Waals surface area contributed by atoms with E-state index in [-0.39, 0.29) is 18.1 Å². The van der Waals surface area contributed by atoms with Crippen molar-refractivity contribution in [3.63, 3.8) is 0 Å². The third kappa shape index (κ3) is 5.78. The number of hydrogen-bond donors (Lipinski definition) is 2. The van der Waals surface area contributed by atoms with E-state index in [0.29, 0.717) is 22.8 Å². The highest BCUT2D eigenvalue weighted by Gasteiger charge is 2.21. The van der Waals surface area contributed by atoms with Crippen LogP contribution in [0.5, 0.6) is 0 Å². The number of benzene rings is 3. The third-order valence-corrected chi connectivity index (χ3v) is 6.45. The van der Waals surface area contributed by atoms with Crippen molar-refractivity contribution in [2.75, 3.05) is 18.5 Å². The van der Waals surface area contributed by atoms with Gasteiger partial charge in [-0.2, -0.15) is 5.10 Å². The number of aryl methyl sites for hydroxylation is 1. The zero-order valence-electron chi connectivity index (χ0n) is 20.7. The summed E-state index contributed by atoms with van der Waals surface area (Å²) in [5.41, 5.74) is 5.18. The minimum Gasteiger partial charge on any atom is -0.377 e. The molecule has 0 spiro atoms. The molecule has 1 saturated heterocycles. The molecule has 2 heterocycles. The first-order valence-corrected chi connectivity index (χ1v) is 12.5. The first kappa shape index (κ1) is 24.4. The maximum Gasteiger partial charge on any atom is 0.274 e. The molecule has 2 atom stereocenters. The third-order valence-electron chi connectivity index (χ3n) is 6.45. The predicted octanol–water partition coefficient (Wildman–Crippen LogP) is 5.84. The summed E-state index contributed by atoms with van der Waals surface area (Å²) in [6.07, 6.45) is 2.39. The first-order chi connectivity index (χ1) is 18.1. The molecule has 5 rings (SSSR count). The number of amides is 1. The second-order valence-electron chi connectivity index (χ2n) is 9.18. The Hall–Kier alpha value is -4.25. The molecule has 1 aliphatic heterocycles. The molecule has 1 aliphatic rings. The quantitative estimate of drug-likeness (QED) is 0.304. The van der Waals surface area contributed by atoms with Crippen LogP contribution in [0.2, 0.25) is 0 Å². The average Bonchev–Trinajstić information content (AvgIpc) is 3.59. The zero-order valence-corrected chi connectivity index (χ0v) is 20.7. The topological polar surface area (TPSA) is 72.5 Å². The lowest BCUT2D eigenvalue weighted by atomic mass is 9.98. The van der Waals surface area contributed by atoms with Gasteiger partial charge < -0.3 is 15.4 Å². The highest BCUT2D eigenvalue weighted by Crippen LogP contribution is 2.26. The lowest BCUT2D eigenvalue weighted by molar-refractivity contribution is 0.101. The first-order valence-electron chi connectivity index (χ1n) is 12.5. The second-order valence-corrected chi connectivity index (χ2v) is 9.18. The van der Waals surface area contributed by atoms with E-state index in [1.54, 1.807) is 28.9 Å². The van der Waals surface area contributed by atoms with Crippen LogP contribution in [0.15, 0.2) is 84.9 Å². The van der Waals surface area contributed by atoms with Crippen molar-refractivity contribution in [1.29, 1.82) is 0 Å². The number of nitrogens with zero attached hydrogens (tertiary/aromatic N) is 3. The number of hydrogen-bond acceptors (Lipinski definition) is 4. The summed E-state index contributed by atoms with van der Waals surface area (Å²) < 4.78 is 7.40. The van der Waals surface area contributed by atoms with E-state index in [1.807, 2.05) is 49.4 Å². The van der Waals surface area contributed by atoms with Crippen LogP contribution >= 0.6 is 0 Å². The Labute approximate surface area is 216 Å². The fraction of sp³-hybridized carbons (Fsp3) is 0.233. The predicted molar refractivity (Wildman–Crippen MR) is 144 cm³/mol. The molecular formula is C30H29N5O2. The largest absolute Gasteiger partial charge is 0.377 e. The summed E-state index contributed by atoms with van der Waals surface area (Å²) in [7, 11) is 0. The minimum atomic E-state index is -0.269. The van der Waals surface area contributed by atoms with Crippen molar-refractivity contribution in [3.05, 3.63) is 119 Å². The maximum absolute atomic E-state index is 13.4. The van der Waals surface area contributed by atoms with E-state index in [0.717, 1.165) is 42.8 Å². The summed E-state index contributed by atoms with van der Waals surface area (Å²) in [5.74, 6) is -0.269. The second kappa shape index (κ2) is 11.2. The number of nitrogens with one attached hydrogen (secondary N) is 2. The molecular weight excluding hydrogens is 462 g/mol. The van der Waals surface area contributed by atoms with Crippen molar-refractivity contribution in [1.82, 2.24) is 15.1 Å². The van der Waals surface area contributed by atoms with Gasteiger partial charge in [-0.25, -0.2) is 9.53 Å². The maximum atomic E-state index is 13.4. The molecule has 0 aliphatic carbocycles. The van der Waals surface area contributed by atoms with E-state index >= 15 is 0 Å². The molecule has 0 saturated carbocycles. The number of anilines is 1. The van der Waals surface area contributed by atoms with Gasteiger partial charge in [0.2, 0.25) is 0 Å². The highest BCUT2D eigenvalue weighted by molar-refractivity contribution is 6.03. The van der Waals surface area contributed by atoms with Gasteiger partial charge >= 0.3 is 0 Å². The Morgan fingerprint density at radius 1 is 1.08 bits per heavy atom. The van der Waals surface area contributed by atoms with Gasteiger partial charge in [-0.3, -0.25) is 4.79 Å². The number of rotatable bonds is 8. The van der Waals surface area contributed by atoms with Crippen molar-refractivity contribution >= 4 is 17.3 Å². The highest BCUT2D eigenvalue weighted by atomic mass is 16.5. The van der Waals surface area contributed by atoms with Gasteiger partial charge in [-0.05, 0) is 61.2 Å². The zero-order chi connectivity index (χ0) is 25.6. The normalized spacial score (nSPS) is 15.7. The summed E-state index contributed by atoms with van der Waals surface area (Å²) in [4.78, 5) is 16.9. The fourth-order valence-corrected chi connectivity index (χ4v) is 4.67. The molecule has 0 radical (unpaired) electrons. The monoisotopic (exact) mass is 491 g/mol. The smallest absolute Gasteiger partial charge is 0.274 e. The Kier molecular flexibility index (Phi) is 7.41. The Balaban J connectivity index is 1.39. The van der Waals surface area contributed by atoms with Crippen LogP contribution in [0.1, 0.15) is 46.2 Å². The Morgan fingerprint density at radius 3 is 2.68 bits per heavy atom. The minimum absolute atomic E-state index is 0.0358. The molecule has 186 valence electrons. The molecule has 1 fully saturated rings. The Morgan fingerprint density at radius 2 is 1.89 bits per heavy atom. The number of carbonyl (C=O) groups excluding carboxylic acids is 1. The number of carbonyl (C=O) groups is 1. The van der Waals surface area contributed by atoms with Crippen LogP contribution in [-0.2, 0) is 4.74 Å². The average molecular weight is 492 g/mol. The molecule has 2 N–H and O–H groups in total. The van der Waals surface area contributed by atoms with E-state index in [2.05, 4.69) is 38.8 Å². The molecule has 4 aromatic rings. The molecule has 7 nitrogen and oxygen atoms in total. The van der Waals surface area contributed by atoms with Gasteiger partial charge in [0.15, 0.2) is 5.69 Å². The summed E-state index contributed by atoms with van der Waals surface area (Å²) >= 11 is 0. The van der Waals surface area contributed by atoms with Crippen molar-refractivity contribution in [2.24, 2.45) is 0 Å².